The normalized spacial score (nSPS) is 10.8. The Kier molecular flexibility index (Phi) is 5.07. The number of nitrogens with zero attached hydrogens (tertiary/aromatic N) is 2. The molecule has 0 aromatic heterocycles. The second kappa shape index (κ2) is 7.28. The second-order valence-electron chi connectivity index (χ2n) is 4.02. The lowest BCUT2D eigenvalue weighted by atomic mass is 10.3. The molecule has 0 aliphatic rings. The third-order valence-electron chi connectivity index (χ3n) is 2.49. The predicted molar refractivity (Wildman–Crippen MR) is 76.2 cm³/mol. The van der Waals surface area contributed by atoms with Gasteiger partial charge in [0.1, 0.15) is 5.75 Å². The van der Waals surface area contributed by atoms with Gasteiger partial charge in [-0.15, -0.1) is 0 Å². The van der Waals surface area contributed by atoms with Crippen LogP contribution in [0.4, 0.5) is 11.4 Å². The van der Waals surface area contributed by atoms with Crippen molar-refractivity contribution in [3.63, 3.8) is 0 Å². The van der Waals surface area contributed by atoms with Gasteiger partial charge in [0, 0.05) is 0 Å². The van der Waals surface area contributed by atoms with Crippen molar-refractivity contribution in [1.82, 2.24) is 0 Å². The largest absolute Gasteiger partial charge is 0.494 e. The minimum absolute atomic E-state index is 0.640. The molecule has 0 unspecified atom stereocenters. The fourth-order valence-corrected chi connectivity index (χ4v) is 1.49. The average Bonchev–Trinajstić information content (AvgIpc) is 2.48. The molecule has 0 atom stereocenters. The molecule has 0 heterocycles. The van der Waals surface area contributed by atoms with Crippen molar-refractivity contribution in [1.29, 1.82) is 0 Å². The topological polar surface area (TPSA) is 60.0 Å². The number of rotatable bonds is 6. The highest BCUT2D eigenvalue weighted by atomic mass is 16.5. The minimum Gasteiger partial charge on any atom is -0.494 e. The van der Waals surface area contributed by atoms with Crippen LogP contribution in [0.5, 0.6) is 5.75 Å². The van der Waals surface area contributed by atoms with Crippen molar-refractivity contribution in [2.75, 3.05) is 13.2 Å². The lowest BCUT2D eigenvalue weighted by Crippen LogP contribution is -2.05. The van der Waals surface area contributed by atoms with Crippen LogP contribution in [0.1, 0.15) is 6.42 Å². The fourth-order valence-electron chi connectivity index (χ4n) is 1.49. The van der Waals surface area contributed by atoms with Crippen LogP contribution >= 0.6 is 0 Å². The fraction of sp³-hybridized carbons (Fsp3) is 0.200. The van der Waals surface area contributed by atoms with Crippen LogP contribution in [-0.4, -0.2) is 13.2 Å². The molecular formula is C15H17N3O. The van der Waals surface area contributed by atoms with Crippen LogP contribution in [0.15, 0.2) is 64.8 Å². The van der Waals surface area contributed by atoms with Gasteiger partial charge in [0.2, 0.25) is 0 Å². The lowest BCUT2D eigenvalue weighted by Gasteiger charge is -2.04. The Morgan fingerprint density at radius 2 is 1.47 bits per heavy atom. The molecule has 2 rings (SSSR count). The van der Waals surface area contributed by atoms with E-state index >= 15 is 0 Å². The molecule has 0 aliphatic heterocycles. The number of hydrogen-bond donors (Lipinski definition) is 1. The van der Waals surface area contributed by atoms with Crippen LogP contribution < -0.4 is 10.5 Å². The molecule has 2 N–H and O–H groups in total. The van der Waals surface area contributed by atoms with Crippen molar-refractivity contribution in [3.05, 3.63) is 54.6 Å². The first-order valence-corrected chi connectivity index (χ1v) is 6.28. The second-order valence-corrected chi connectivity index (χ2v) is 4.02. The van der Waals surface area contributed by atoms with E-state index in [0.29, 0.717) is 13.2 Å². The maximum absolute atomic E-state index is 5.51. The lowest BCUT2D eigenvalue weighted by molar-refractivity contribution is 0.313. The Labute approximate surface area is 112 Å². The third-order valence-corrected chi connectivity index (χ3v) is 2.49. The molecule has 0 fully saturated rings. The Morgan fingerprint density at radius 3 is 2.11 bits per heavy atom. The summed E-state index contributed by atoms with van der Waals surface area (Å²) in [6, 6.07) is 17.2. The summed E-state index contributed by atoms with van der Waals surface area (Å²) in [4.78, 5) is 0. The Morgan fingerprint density at radius 1 is 0.842 bits per heavy atom. The molecule has 0 saturated carbocycles. The van der Waals surface area contributed by atoms with Crippen molar-refractivity contribution < 1.29 is 4.74 Å². The highest BCUT2D eigenvalue weighted by Gasteiger charge is 1.94. The van der Waals surface area contributed by atoms with Crippen LogP contribution in [0, 0.1) is 0 Å². The highest BCUT2D eigenvalue weighted by molar-refractivity contribution is 5.42. The molecule has 4 heteroatoms. The molecular weight excluding hydrogens is 238 g/mol. The predicted octanol–water partition coefficient (Wildman–Crippen LogP) is 3.83. The van der Waals surface area contributed by atoms with Crippen molar-refractivity contribution in [3.8, 4) is 5.75 Å². The van der Waals surface area contributed by atoms with Crippen molar-refractivity contribution in [2.45, 2.75) is 6.42 Å². The van der Waals surface area contributed by atoms with Crippen LogP contribution in [0.2, 0.25) is 0 Å². The first kappa shape index (κ1) is 13.2. The van der Waals surface area contributed by atoms with Gasteiger partial charge in [0.15, 0.2) is 0 Å². The number of hydrogen-bond acceptors (Lipinski definition) is 4. The van der Waals surface area contributed by atoms with Gasteiger partial charge in [-0.2, -0.15) is 10.2 Å². The third kappa shape index (κ3) is 4.52. The summed E-state index contributed by atoms with van der Waals surface area (Å²) in [5.74, 6) is 0.826. The van der Waals surface area contributed by atoms with E-state index in [4.69, 9.17) is 10.5 Å². The summed E-state index contributed by atoms with van der Waals surface area (Å²) < 4.78 is 5.51. The summed E-state index contributed by atoms with van der Waals surface area (Å²) in [6.07, 6.45) is 0.857. The summed E-state index contributed by atoms with van der Waals surface area (Å²) in [5.41, 5.74) is 7.04. The molecule has 0 aliphatic carbocycles. The molecule has 0 saturated heterocycles. The molecule has 2 aromatic carbocycles. The molecule has 0 spiro atoms. The molecule has 0 radical (unpaired) electrons. The summed E-state index contributed by atoms with van der Waals surface area (Å²) in [5, 5.41) is 8.31. The first-order valence-electron chi connectivity index (χ1n) is 6.28. The average molecular weight is 255 g/mol. The van der Waals surface area contributed by atoms with E-state index in [-0.39, 0.29) is 0 Å². The van der Waals surface area contributed by atoms with E-state index in [0.717, 1.165) is 23.5 Å². The number of azo groups is 1. The first-order chi connectivity index (χ1) is 9.38. The van der Waals surface area contributed by atoms with Gasteiger partial charge in [0.05, 0.1) is 18.0 Å². The summed E-state index contributed by atoms with van der Waals surface area (Å²) in [6.45, 7) is 1.28. The van der Waals surface area contributed by atoms with E-state index < -0.39 is 0 Å². The smallest absolute Gasteiger partial charge is 0.119 e. The van der Waals surface area contributed by atoms with Crippen molar-refractivity contribution >= 4 is 11.4 Å². The Bertz CT molecular complexity index is 509. The van der Waals surface area contributed by atoms with Gasteiger partial charge in [-0.1, -0.05) is 18.2 Å². The van der Waals surface area contributed by atoms with Crippen LogP contribution in [-0.2, 0) is 0 Å². The molecule has 2 aromatic rings. The zero-order valence-corrected chi connectivity index (χ0v) is 10.7. The zero-order chi connectivity index (χ0) is 13.3. The van der Waals surface area contributed by atoms with E-state index in [1.165, 1.54) is 0 Å². The van der Waals surface area contributed by atoms with Gasteiger partial charge in [-0.25, -0.2) is 0 Å². The van der Waals surface area contributed by atoms with Gasteiger partial charge in [-0.3, -0.25) is 0 Å². The SMILES string of the molecule is NCCCOc1ccc(N=Nc2ccccc2)cc1. The van der Waals surface area contributed by atoms with Crippen LogP contribution in [0.25, 0.3) is 0 Å². The highest BCUT2D eigenvalue weighted by Crippen LogP contribution is 2.21. The molecule has 0 bridgehead atoms. The van der Waals surface area contributed by atoms with E-state index in [9.17, 15) is 0 Å². The Balaban J connectivity index is 1.93. The van der Waals surface area contributed by atoms with Gasteiger partial charge >= 0.3 is 0 Å². The zero-order valence-electron chi connectivity index (χ0n) is 10.7. The number of ether oxygens (including phenoxy) is 1. The molecule has 19 heavy (non-hydrogen) atoms. The maximum atomic E-state index is 5.51. The van der Waals surface area contributed by atoms with Gasteiger partial charge in [0.25, 0.3) is 0 Å². The standard InChI is InChI=1S/C15H17N3O/c16-11-4-12-19-15-9-7-14(8-10-15)18-17-13-5-2-1-3-6-13/h1-3,5-10H,4,11-12,16H2. The molecule has 4 nitrogen and oxygen atoms in total. The van der Waals surface area contributed by atoms with E-state index in [1.54, 1.807) is 0 Å². The molecule has 0 amide bonds. The van der Waals surface area contributed by atoms with Gasteiger partial charge in [-0.05, 0) is 49.4 Å². The Hall–Kier alpha value is -2.20. The number of benzene rings is 2. The van der Waals surface area contributed by atoms with E-state index in [1.807, 2.05) is 54.6 Å². The number of nitrogens with two attached hydrogens (primary N) is 1. The van der Waals surface area contributed by atoms with Crippen LogP contribution in [0.3, 0.4) is 0 Å². The monoisotopic (exact) mass is 255 g/mol. The van der Waals surface area contributed by atoms with Gasteiger partial charge < -0.3 is 10.5 Å². The quantitative estimate of drug-likeness (QED) is 0.630. The molecule has 98 valence electrons. The minimum atomic E-state index is 0.640. The summed E-state index contributed by atoms with van der Waals surface area (Å²) in [7, 11) is 0. The van der Waals surface area contributed by atoms with Crippen molar-refractivity contribution in [2.24, 2.45) is 16.0 Å². The van der Waals surface area contributed by atoms with E-state index in [2.05, 4.69) is 10.2 Å². The summed E-state index contributed by atoms with van der Waals surface area (Å²) >= 11 is 0. The maximum Gasteiger partial charge on any atom is 0.119 e.